The Morgan fingerprint density at radius 1 is 1.45 bits per heavy atom. The average molecular weight is 156 g/mol. The first-order valence-corrected chi connectivity index (χ1v) is 4.76. The summed E-state index contributed by atoms with van der Waals surface area (Å²) in [7, 11) is 0. The largest absolute Gasteiger partial charge is 0.378 e. The molecular formula is C10H20O. The normalized spacial score (nSPS) is 30.3. The molecule has 1 unspecified atom stereocenters. The molecule has 1 fully saturated rings. The minimum Gasteiger partial charge on any atom is -0.378 e. The van der Waals surface area contributed by atoms with Crippen LogP contribution in [-0.2, 0) is 4.74 Å². The van der Waals surface area contributed by atoms with Gasteiger partial charge < -0.3 is 4.74 Å². The molecule has 11 heavy (non-hydrogen) atoms. The van der Waals surface area contributed by atoms with Crippen molar-refractivity contribution in [3.63, 3.8) is 0 Å². The molecule has 0 amide bonds. The minimum absolute atomic E-state index is 0.526. The highest BCUT2D eigenvalue weighted by Gasteiger charge is 2.27. The summed E-state index contributed by atoms with van der Waals surface area (Å²) in [6.07, 6.45) is 5.79. The van der Waals surface area contributed by atoms with Crippen molar-refractivity contribution in [1.29, 1.82) is 0 Å². The highest BCUT2D eigenvalue weighted by Crippen LogP contribution is 2.36. The third-order valence-electron chi connectivity index (χ3n) is 2.56. The number of hydrogen-bond acceptors (Lipinski definition) is 1. The summed E-state index contributed by atoms with van der Waals surface area (Å²) in [5.41, 5.74) is 0.526. The van der Waals surface area contributed by atoms with Crippen LogP contribution < -0.4 is 0 Å². The molecule has 0 aliphatic heterocycles. The van der Waals surface area contributed by atoms with Crippen LogP contribution in [0.4, 0.5) is 0 Å². The van der Waals surface area contributed by atoms with Crippen molar-refractivity contribution in [2.75, 3.05) is 6.61 Å². The van der Waals surface area contributed by atoms with Gasteiger partial charge in [0, 0.05) is 6.61 Å². The molecule has 0 heterocycles. The Balaban J connectivity index is 2.34. The average Bonchev–Trinajstić information content (AvgIpc) is 1.85. The second-order valence-electron chi connectivity index (χ2n) is 4.34. The fraction of sp³-hybridized carbons (Fsp3) is 1.00. The van der Waals surface area contributed by atoms with E-state index in [1.165, 1.54) is 25.7 Å². The van der Waals surface area contributed by atoms with E-state index in [-0.39, 0.29) is 0 Å². The molecule has 0 N–H and O–H groups in total. The third kappa shape index (κ3) is 2.82. The van der Waals surface area contributed by atoms with Crippen molar-refractivity contribution in [1.82, 2.24) is 0 Å². The van der Waals surface area contributed by atoms with E-state index in [1.807, 2.05) is 0 Å². The molecule has 1 saturated carbocycles. The predicted octanol–water partition coefficient (Wildman–Crippen LogP) is 2.99. The molecule has 1 aliphatic carbocycles. The van der Waals surface area contributed by atoms with Crippen molar-refractivity contribution in [2.45, 2.75) is 52.6 Å². The minimum atomic E-state index is 0.526. The molecule has 0 spiro atoms. The first-order chi connectivity index (χ1) is 5.14. The summed E-state index contributed by atoms with van der Waals surface area (Å²) in [6, 6.07) is 0. The van der Waals surface area contributed by atoms with Crippen molar-refractivity contribution < 1.29 is 4.74 Å². The second kappa shape index (κ2) is 3.57. The maximum absolute atomic E-state index is 5.62. The van der Waals surface area contributed by atoms with E-state index in [2.05, 4.69) is 20.8 Å². The molecule has 0 aromatic carbocycles. The Kier molecular flexibility index (Phi) is 2.94. The van der Waals surface area contributed by atoms with Crippen molar-refractivity contribution in [2.24, 2.45) is 5.41 Å². The van der Waals surface area contributed by atoms with Crippen LogP contribution in [0, 0.1) is 5.41 Å². The van der Waals surface area contributed by atoms with Crippen LogP contribution >= 0.6 is 0 Å². The van der Waals surface area contributed by atoms with Crippen molar-refractivity contribution in [3.8, 4) is 0 Å². The molecule has 1 rings (SSSR count). The molecule has 1 aliphatic rings. The van der Waals surface area contributed by atoms with Crippen LogP contribution in [0.25, 0.3) is 0 Å². The first-order valence-electron chi connectivity index (χ1n) is 4.76. The predicted molar refractivity (Wildman–Crippen MR) is 47.7 cm³/mol. The van der Waals surface area contributed by atoms with Crippen LogP contribution in [0.5, 0.6) is 0 Å². The van der Waals surface area contributed by atoms with Gasteiger partial charge in [0.05, 0.1) is 6.10 Å². The van der Waals surface area contributed by atoms with Gasteiger partial charge in [0.25, 0.3) is 0 Å². The smallest absolute Gasteiger partial charge is 0.0580 e. The SMILES string of the molecule is CCOC1CCCC(C)(C)C1. The first kappa shape index (κ1) is 9.05. The molecule has 0 saturated heterocycles. The zero-order valence-electron chi connectivity index (χ0n) is 8.02. The second-order valence-corrected chi connectivity index (χ2v) is 4.34. The van der Waals surface area contributed by atoms with Gasteiger partial charge in [-0.2, -0.15) is 0 Å². The Hall–Kier alpha value is -0.0400. The maximum atomic E-state index is 5.62. The Morgan fingerprint density at radius 2 is 2.18 bits per heavy atom. The lowest BCUT2D eigenvalue weighted by molar-refractivity contribution is 0.000362. The number of hydrogen-bond donors (Lipinski definition) is 0. The lowest BCUT2D eigenvalue weighted by atomic mass is 9.76. The quantitative estimate of drug-likeness (QED) is 0.597. The molecule has 0 bridgehead atoms. The topological polar surface area (TPSA) is 9.23 Å². The van der Waals surface area contributed by atoms with Gasteiger partial charge in [-0.15, -0.1) is 0 Å². The molecule has 0 aromatic heterocycles. The van der Waals surface area contributed by atoms with E-state index in [9.17, 15) is 0 Å². The van der Waals surface area contributed by atoms with E-state index < -0.39 is 0 Å². The summed E-state index contributed by atoms with van der Waals surface area (Å²) in [6.45, 7) is 7.65. The summed E-state index contributed by atoms with van der Waals surface area (Å²) in [4.78, 5) is 0. The van der Waals surface area contributed by atoms with Crippen molar-refractivity contribution in [3.05, 3.63) is 0 Å². The molecule has 0 radical (unpaired) electrons. The molecule has 66 valence electrons. The van der Waals surface area contributed by atoms with Crippen LogP contribution in [-0.4, -0.2) is 12.7 Å². The molecule has 0 aromatic rings. The van der Waals surface area contributed by atoms with E-state index in [0.717, 1.165) is 6.61 Å². The van der Waals surface area contributed by atoms with Crippen LogP contribution in [0.3, 0.4) is 0 Å². The van der Waals surface area contributed by atoms with Gasteiger partial charge in [-0.3, -0.25) is 0 Å². The zero-order valence-corrected chi connectivity index (χ0v) is 8.02. The van der Waals surface area contributed by atoms with E-state index in [1.54, 1.807) is 0 Å². The van der Waals surface area contributed by atoms with Gasteiger partial charge >= 0.3 is 0 Å². The monoisotopic (exact) mass is 156 g/mol. The van der Waals surface area contributed by atoms with E-state index in [4.69, 9.17) is 4.74 Å². The molecule has 1 heteroatoms. The summed E-state index contributed by atoms with van der Waals surface area (Å²) < 4.78 is 5.62. The third-order valence-corrected chi connectivity index (χ3v) is 2.56. The van der Waals surface area contributed by atoms with Crippen LogP contribution in [0.1, 0.15) is 46.5 Å². The van der Waals surface area contributed by atoms with Crippen LogP contribution in [0.2, 0.25) is 0 Å². The summed E-state index contributed by atoms with van der Waals surface area (Å²) in [5, 5.41) is 0. The standard InChI is InChI=1S/C10H20O/c1-4-11-9-6-5-7-10(2,3)8-9/h9H,4-8H2,1-3H3. The Morgan fingerprint density at radius 3 is 2.73 bits per heavy atom. The lowest BCUT2D eigenvalue weighted by Gasteiger charge is -2.34. The highest BCUT2D eigenvalue weighted by atomic mass is 16.5. The van der Waals surface area contributed by atoms with Gasteiger partial charge in [-0.25, -0.2) is 0 Å². The molecule has 1 atom stereocenters. The van der Waals surface area contributed by atoms with E-state index >= 15 is 0 Å². The van der Waals surface area contributed by atoms with Gasteiger partial charge in [0.1, 0.15) is 0 Å². The maximum Gasteiger partial charge on any atom is 0.0580 e. The van der Waals surface area contributed by atoms with E-state index in [0.29, 0.717) is 11.5 Å². The molecule has 1 nitrogen and oxygen atoms in total. The van der Waals surface area contributed by atoms with Gasteiger partial charge in [-0.1, -0.05) is 20.3 Å². The lowest BCUT2D eigenvalue weighted by Crippen LogP contribution is -2.28. The molecular weight excluding hydrogens is 136 g/mol. The van der Waals surface area contributed by atoms with Gasteiger partial charge in [0.2, 0.25) is 0 Å². The summed E-state index contributed by atoms with van der Waals surface area (Å²) in [5.74, 6) is 0. The number of ether oxygens (including phenoxy) is 1. The Labute approximate surface area is 70.1 Å². The van der Waals surface area contributed by atoms with Gasteiger partial charge in [0.15, 0.2) is 0 Å². The fourth-order valence-corrected chi connectivity index (χ4v) is 2.01. The van der Waals surface area contributed by atoms with Crippen molar-refractivity contribution >= 4 is 0 Å². The van der Waals surface area contributed by atoms with Crippen LogP contribution in [0.15, 0.2) is 0 Å². The fourth-order valence-electron chi connectivity index (χ4n) is 2.01. The Bertz CT molecular complexity index is 116. The summed E-state index contributed by atoms with van der Waals surface area (Å²) >= 11 is 0. The number of rotatable bonds is 2. The van der Waals surface area contributed by atoms with Gasteiger partial charge in [-0.05, 0) is 31.6 Å². The zero-order chi connectivity index (χ0) is 8.32. The highest BCUT2D eigenvalue weighted by molar-refractivity contribution is 4.79.